The predicted octanol–water partition coefficient (Wildman–Crippen LogP) is -1.57. The Morgan fingerprint density at radius 3 is 2.21 bits per heavy atom. The van der Waals surface area contributed by atoms with Gasteiger partial charge in [-0.05, 0) is 20.9 Å². The van der Waals surface area contributed by atoms with E-state index < -0.39 is 0 Å². The fourth-order valence-electron chi connectivity index (χ4n) is 0.959. The molecule has 0 aromatic rings. The normalized spacial score (nSPS) is 10.4. The van der Waals surface area contributed by atoms with E-state index in [1.165, 1.54) is 0 Å². The van der Waals surface area contributed by atoms with Gasteiger partial charge in [0.2, 0.25) is 11.8 Å². The second-order valence-electron chi connectivity index (χ2n) is 3.46. The number of amides is 2. The van der Waals surface area contributed by atoms with Gasteiger partial charge >= 0.3 is 0 Å². The Morgan fingerprint density at radius 1 is 1.29 bits per heavy atom. The number of likely N-dealkylation sites (N-methyl/N-ethyl adjacent to an activating group) is 1. The second-order valence-corrected chi connectivity index (χ2v) is 3.46. The number of nitrogens with two attached hydrogens (primary N) is 1. The molecule has 0 aromatic carbocycles. The van der Waals surface area contributed by atoms with E-state index in [4.69, 9.17) is 5.84 Å². The molecule has 0 aliphatic carbocycles. The summed E-state index contributed by atoms with van der Waals surface area (Å²) in [6.45, 7) is 4.06. The number of nitrogens with one attached hydrogen (secondary N) is 2. The molecule has 2 amide bonds. The lowest BCUT2D eigenvalue weighted by molar-refractivity contribution is -0.124. The fraction of sp³-hybridized carbons (Fsp3) is 0.750. The van der Waals surface area contributed by atoms with Gasteiger partial charge in [-0.3, -0.25) is 19.9 Å². The van der Waals surface area contributed by atoms with Crippen LogP contribution in [0, 0.1) is 0 Å². The molecule has 0 aromatic heterocycles. The van der Waals surface area contributed by atoms with Gasteiger partial charge in [0.05, 0.1) is 13.1 Å². The highest BCUT2D eigenvalue weighted by molar-refractivity contribution is 5.80. The number of carbonyl (C=O) groups is 2. The molecule has 0 saturated heterocycles. The molecule has 0 radical (unpaired) electrons. The molecule has 4 N–H and O–H groups in total. The van der Waals surface area contributed by atoms with Crippen LogP contribution >= 0.6 is 0 Å². The van der Waals surface area contributed by atoms with E-state index in [2.05, 4.69) is 5.32 Å². The van der Waals surface area contributed by atoms with Crippen LogP contribution in [0.25, 0.3) is 0 Å². The molecule has 6 heteroatoms. The van der Waals surface area contributed by atoms with Gasteiger partial charge in [-0.15, -0.1) is 0 Å². The molecule has 0 atom stereocenters. The van der Waals surface area contributed by atoms with Crippen molar-refractivity contribution in [3.8, 4) is 0 Å². The summed E-state index contributed by atoms with van der Waals surface area (Å²) in [6, 6.07) is 0.110. The molecule has 14 heavy (non-hydrogen) atoms. The first kappa shape index (κ1) is 12.9. The Morgan fingerprint density at radius 2 is 1.79 bits per heavy atom. The molecule has 0 aliphatic heterocycles. The van der Waals surface area contributed by atoms with Gasteiger partial charge in [-0.1, -0.05) is 0 Å². The minimum Gasteiger partial charge on any atom is -0.353 e. The Labute approximate surface area is 83.8 Å². The molecular formula is C8H18N4O2. The fourth-order valence-corrected chi connectivity index (χ4v) is 0.959. The molecule has 0 heterocycles. The summed E-state index contributed by atoms with van der Waals surface area (Å²) in [5, 5.41) is 2.72. The molecule has 0 aliphatic rings. The van der Waals surface area contributed by atoms with Crippen LogP contribution in [0.4, 0.5) is 0 Å². The van der Waals surface area contributed by atoms with E-state index in [1.54, 1.807) is 11.9 Å². The van der Waals surface area contributed by atoms with Crippen LogP contribution < -0.4 is 16.6 Å². The summed E-state index contributed by atoms with van der Waals surface area (Å²) in [7, 11) is 1.68. The number of hydrogen-bond donors (Lipinski definition) is 3. The Hall–Kier alpha value is -1.14. The van der Waals surface area contributed by atoms with Crippen LogP contribution in [0.2, 0.25) is 0 Å². The maximum Gasteiger partial charge on any atom is 0.248 e. The number of rotatable bonds is 5. The molecule has 6 nitrogen and oxygen atoms in total. The highest BCUT2D eigenvalue weighted by Gasteiger charge is 2.09. The van der Waals surface area contributed by atoms with Crippen molar-refractivity contribution < 1.29 is 9.59 Å². The topological polar surface area (TPSA) is 87.5 Å². The molecule has 0 bridgehead atoms. The Kier molecular flexibility index (Phi) is 5.82. The van der Waals surface area contributed by atoms with Crippen molar-refractivity contribution in [1.29, 1.82) is 0 Å². The predicted molar refractivity (Wildman–Crippen MR) is 53.1 cm³/mol. The summed E-state index contributed by atoms with van der Waals surface area (Å²) in [5.74, 6) is 4.49. The number of hydrogen-bond acceptors (Lipinski definition) is 4. The van der Waals surface area contributed by atoms with Gasteiger partial charge < -0.3 is 5.32 Å². The maximum absolute atomic E-state index is 11.2. The highest BCUT2D eigenvalue weighted by atomic mass is 16.2. The third-order valence-electron chi connectivity index (χ3n) is 1.44. The summed E-state index contributed by atoms with van der Waals surface area (Å²) in [4.78, 5) is 23.6. The van der Waals surface area contributed by atoms with E-state index in [0.29, 0.717) is 0 Å². The van der Waals surface area contributed by atoms with E-state index >= 15 is 0 Å². The zero-order valence-electron chi connectivity index (χ0n) is 8.83. The van der Waals surface area contributed by atoms with Crippen molar-refractivity contribution in [1.82, 2.24) is 15.6 Å². The van der Waals surface area contributed by atoms with Crippen LogP contribution in [-0.4, -0.2) is 42.9 Å². The smallest absolute Gasteiger partial charge is 0.248 e. The Bertz CT molecular complexity index is 206. The number of carbonyl (C=O) groups excluding carboxylic acids is 2. The van der Waals surface area contributed by atoms with Gasteiger partial charge in [0.1, 0.15) is 0 Å². The molecule has 0 rings (SSSR count). The first-order valence-electron chi connectivity index (χ1n) is 4.43. The van der Waals surface area contributed by atoms with Crippen LogP contribution in [-0.2, 0) is 9.59 Å². The third-order valence-corrected chi connectivity index (χ3v) is 1.44. The second kappa shape index (κ2) is 6.33. The standard InChI is InChI=1S/C8H18N4O2/c1-6(2)10-7(13)4-12(3)5-8(14)11-9/h6H,4-5,9H2,1-3H3,(H,10,13)(H,11,14). The summed E-state index contributed by atoms with van der Waals surface area (Å²) < 4.78 is 0. The van der Waals surface area contributed by atoms with Crippen molar-refractivity contribution in [3.63, 3.8) is 0 Å². The molecule has 0 saturated carbocycles. The minimum atomic E-state index is -0.315. The molecule has 0 fully saturated rings. The molecule has 0 spiro atoms. The van der Waals surface area contributed by atoms with Crippen LogP contribution in [0.5, 0.6) is 0 Å². The zero-order valence-corrected chi connectivity index (χ0v) is 8.83. The zero-order chi connectivity index (χ0) is 11.1. The summed E-state index contributed by atoms with van der Waals surface area (Å²) in [5.41, 5.74) is 2.00. The third kappa shape index (κ3) is 6.38. The van der Waals surface area contributed by atoms with Crippen molar-refractivity contribution in [2.24, 2.45) is 5.84 Å². The lowest BCUT2D eigenvalue weighted by atomic mass is 10.4. The maximum atomic E-state index is 11.2. The van der Waals surface area contributed by atoms with Gasteiger partial charge in [0, 0.05) is 6.04 Å². The molecular weight excluding hydrogens is 184 g/mol. The van der Waals surface area contributed by atoms with Crippen LogP contribution in [0.15, 0.2) is 0 Å². The number of nitrogens with zero attached hydrogens (tertiary/aromatic N) is 1. The average Bonchev–Trinajstić information content (AvgIpc) is 2.01. The molecule has 82 valence electrons. The van der Waals surface area contributed by atoms with Crippen LogP contribution in [0.1, 0.15) is 13.8 Å². The number of hydrazine groups is 1. The van der Waals surface area contributed by atoms with Crippen LogP contribution in [0.3, 0.4) is 0 Å². The first-order valence-corrected chi connectivity index (χ1v) is 4.43. The van der Waals surface area contributed by atoms with E-state index in [-0.39, 0.29) is 30.9 Å². The monoisotopic (exact) mass is 202 g/mol. The van der Waals surface area contributed by atoms with Gasteiger partial charge in [-0.2, -0.15) is 0 Å². The summed E-state index contributed by atoms with van der Waals surface area (Å²) >= 11 is 0. The SMILES string of the molecule is CC(C)NC(=O)CN(C)CC(=O)NN. The Balaban J connectivity index is 3.76. The van der Waals surface area contributed by atoms with E-state index in [0.717, 1.165) is 0 Å². The van der Waals surface area contributed by atoms with Gasteiger partial charge in [0.15, 0.2) is 0 Å². The van der Waals surface area contributed by atoms with Crippen molar-refractivity contribution in [2.75, 3.05) is 20.1 Å². The van der Waals surface area contributed by atoms with Crippen molar-refractivity contribution >= 4 is 11.8 Å². The van der Waals surface area contributed by atoms with E-state index in [9.17, 15) is 9.59 Å². The van der Waals surface area contributed by atoms with Crippen molar-refractivity contribution in [3.05, 3.63) is 0 Å². The first-order chi connectivity index (χ1) is 6.45. The quantitative estimate of drug-likeness (QED) is 0.285. The van der Waals surface area contributed by atoms with Crippen molar-refractivity contribution in [2.45, 2.75) is 19.9 Å². The minimum absolute atomic E-state index is 0.104. The molecule has 0 unspecified atom stereocenters. The summed E-state index contributed by atoms with van der Waals surface area (Å²) in [6.07, 6.45) is 0. The van der Waals surface area contributed by atoms with Gasteiger partial charge in [-0.25, -0.2) is 5.84 Å². The van der Waals surface area contributed by atoms with E-state index in [1.807, 2.05) is 19.3 Å². The average molecular weight is 202 g/mol. The largest absolute Gasteiger partial charge is 0.353 e. The lowest BCUT2D eigenvalue weighted by Gasteiger charge is -2.16. The van der Waals surface area contributed by atoms with Gasteiger partial charge in [0.25, 0.3) is 0 Å². The highest BCUT2D eigenvalue weighted by Crippen LogP contribution is 1.83. The lowest BCUT2D eigenvalue weighted by Crippen LogP contribution is -2.43.